The van der Waals surface area contributed by atoms with Gasteiger partial charge in [-0.25, -0.2) is 0 Å². The average Bonchev–Trinajstić information content (AvgIpc) is 3.01. The van der Waals surface area contributed by atoms with Gasteiger partial charge in [-0.05, 0) is 32.3 Å². The maximum Gasteiger partial charge on any atom is 0.295 e. The van der Waals surface area contributed by atoms with Gasteiger partial charge in [0.2, 0.25) is 0 Å². The summed E-state index contributed by atoms with van der Waals surface area (Å²) < 4.78 is 10.9. The lowest BCUT2D eigenvalue weighted by molar-refractivity contribution is -0.140. The number of likely N-dealkylation sites (N-methyl/N-ethyl adjacent to an activating group) is 1. The number of hydrogen-bond donors (Lipinski definition) is 1. The second kappa shape index (κ2) is 9.00. The first-order chi connectivity index (χ1) is 14.4. The molecule has 2 aromatic carbocycles. The third-order valence-electron chi connectivity index (χ3n) is 5.11. The highest BCUT2D eigenvalue weighted by atomic mass is 16.5. The van der Waals surface area contributed by atoms with E-state index in [0.717, 1.165) is 0 Å². The van der Waals surface area contributed by atoms with Gasteiger partial charge >= 0.3 is 0 Å². The number of ether oxygens (including phenoxy) is 2. The number of nitrogens with zero attached hydrogens (tertiary/aromatic N) is 2. The fourth-order valence-electron chi connectivity index (χ4n) is 3.55. The minimum Gasteiger partial charge on any atom is -0.507 e. The van der Waals surface area contributed by atoms with Crippen LogP contribution < -0.4 is 9.47 Å². The highest BCUT2D eigenvalue weighted by Crippen LogP contribution is 2.43. The number of likely N-dealkylation sites (tertiary alicyclic amines) is 1. The van der Waals surface area contributed by atoms with Crippen molar-refractivity contribution in [1.29, 1.82) is 0 Å². The lowest BCUT2D eigenvalue weighted by Gasteiger charge is -2.28. The molecule has 158 valence electrons. The van der Waals surface area contributed by atoms with Gasteiger partial charge in [0.15, 0.2) is 0 Å². The smallest absolute Gasteiger partial charge is 0.295 e. The zero-order chi connectivity index (χ0) is 21.8. The topological polar surface area (TPSA) is 79.3 Å². The molecular weight excluding hydrogens is 384 g/mol. The van der Waals surface area contributed by atoms with Crippen molar-refractivity contribution in [2.24, 2.45) is 0 Å². The summed E-state index contributed by atoms with van der Waals surface area (Å²) in [5.74, 6) is -0.523. The van der Waals surface area contributed by atoms with Crippen LogP contribution in [0.3, 0.4) is 0 Å². The zero-order valence-corrected chi connectivity index (χ0v) is 17.6. The number of aliphatic hydroxyl groups excluding tert-OH is 1. The van der Waals surface area contributed by atoms with Gasteiger partial charge in [0.25, 0.3) is 11.7 Å². The quantitative estimate of drug-likeness (QED) is 0.430. The number of benzene rings is 2. The molecule has 1 aliphatic rings. The fraction of sp³-hybridized carbons (Fsp3) is 0.304. The van der Waals surface area contributed by atoms with Gasteiger partial charge in [0.05, 0.1) is 25.8 Å². The summed E-state index contributed by atoms with van der Waals surface area (Å²) in [5.41, 5.74) is 1.08. The Bertz CT molecular complexity index is 969. The number of Topliss-reactive ketones (excluding diaryl/α,β-unsaturated/α-hetero) is 1. The molecule has 30 heavy (non-hydrogen) atoms. The van der Waals surface area contributed by atoms with E-state index in [0.29, 0.717) is 35.7 Å². The molecule has 0 aliphatic carbocycles. The van der Waals surface area contributed by atoms with Crippen LogP contribution in [0.4, 0.5) is 0 Å². The molecule has 0 unspecified atom stereocenters. The van der Waals surface area contributed by atoms with Crippen molar-refractivity contribution >= 4 is 17.4 Å². The summed E-state index contributed by atoms with van der Waals surface area (Å²) in [7, 11) is 6.84. The van der Waals surface area contributed by atoms with Crippen molar-refractivity contribution in [2.75, 3.05) is 41.4 Å². The van der Waals surface area contributed by atoms with E-state index in [1.54, 1.807) is 49.6 Å². The van der Waals surface area contributed by atoms with Crippen molar-refractivity contribution in [3.63, 3.8) is 0 Å². The molecule has 1 atom stereocenters. The molecule has 0 spiro atoms. The first-order valence-corrected chi connectivity index (χ1v) is 9.59. The Balaban J connectivity index is 2.23. The van der Waals surface area contributed by atoms with E-state index in [-0.39, 0.29) is 11.3 Å². The fourth-order valence-corrected chi connectivity index (χ4v) is 3.55. The van der Waals surface area contributed by atoms with Crippen molar-refractivity contribution in [1.82, 2.24) is 9.80 Å². The molecule has 1 fully saturated rings. The largest absolute Gasteiger partial charge is 0.507 e. The molecule has 1 saturated heterocycles. The molecule has 3 rings (SSSR count). The SMILES string of the molecule is COc1ccc(OC)c([C@@H]2C(=C(O)c3ccccc3)C(=O)C(=O)N2CCN(C)C)c1. The molecule has 0 aromatic heterocycles. The third-order valence-corrected chi connectivity index (χ3v) is 5.11. The normalized spacial score (nSPS) is 18.2. The minimum atomic E-state index is -0.796. The molecule has 7 nitrogen and oxygen atoms in total. The maximum atomic E-state index is 13.0. The predicted molar refractivity (Wildman–Crippen MR) is 114 cm³/mol. The van der Waals surface area contributed by atoms with Gasteiger partial charge in [-0.3, -0.25) is 9.59 Å². The minimum absolute atomic E-state index is 0.0384. The molecule has 7 heteroatoms. The average molecular weight is 410 g/mol. The number of hydrogen-bond acceptors (Lipinski definition) is 6. The number of carbonyl (C=O) groups is 2. The van der Waals surface area contributed by atoms with Gasteiger partial charge in [0, 0.05) is 24.2 Å². The standard InChI is InChI=1S/C23H26N2O5/c1-24(2)12-13-25-20(17-14-16(29-3)10-11-18(17)30-4)19(22(27)23(25)28)21(26)15-8-6-5-7-9-15/h5-11,14,20,26H,12-13H2,1-4H3/t20-/m1/s1. The lowest BCUT2D eigenvalue weighted by Crippen LogP contribution is -2.35. The van der Waals surface area contributed by atoms with E-state index in [9.17, 15) is 14.7 Å². The summed E-state index contributed by atoms with van der Waals surface area (Å²) in [6, 6.07) is 13.1. The summed E-state index contributed by atoms with van der Waals surface area (Å²) in [6.45, 7) is 0.870. The van der Waals surface area contributed by atoms with Crippen LogP contribution in [0.1, 0.15) is 17.2 Å². The Labute approximate surface area is 176 Å². The Hall–Kier alpha value is -3.32. The van der Waals surface area contributed by atoms with Crippen LogP contribution in [0.2, 0.25) is 0 Å². The number of amides is 1. The molecule has 0 radical (unpaired) electrons. The van der Waals surface area contributed by atoms with Gasteiger partial charge in [0.1, 0.15) is 17.3 Å². The van der Waals surface area contributed by atoms with E-state index in [4.69, 9.17) is 9.47 Å². The summed E-state index contributed by atoms with van der Waals surface area (Å²) in [5, 5.41) is 11.0. The molecule has 1 N–H and O–H groups in total. The third kappa shape index (κ3) is 4.02. The van der Waals surface area contributed by atoms with E-state index in [2.05, 4.69) is 0 Å². The number of methoxy groups -OCH3 is 2. The van der Waals surface area contributed by atoms with Crippen LogP contribution in [0, 0.1) is 0 Å². The Morgan fingerprint density at radius 3 is 2.37 bits per heavy atom. The molecule has 0 bridgehead atoms. The first-order valence-electron chi connectivity index (χ1n) is 9.59. The van der Waals surface area contributed by atoms with Crippen molar-refractivity contribution < 1.29 is 24.2 Å². The van der Waals surface area contributed by atoms with E-state index < -0.39 is 17.7 Å². The second-order valence-corrected chi connectivity index (χ2v) is 7.27. The lowest BCUT2D eigenvalue weighted by atomic mass is 9.94. The van der Waals surface area contributed by atoms with Gasteiger partial charge in [-0.1, -0.05) is 30.3 Å². The van der Waals surface area contributed by atoms with Crippen LogP contribution in [-0.4, -0.2) is 68.0 Å². The number of rotatable bonds is 7. The van der Waals surface area contributed by atoms with Crippen LogP contribution >= 0.6 is 0 Å². The highest BCUT2D eigenvalue weighted by molar-refractivity contribution is 6.46. The molecule has 1 aliphatic heterocycles. The Morgan fingerprint density at radius 2 is 1.77 bits per heavy atom. The Kier molecular flexibility index (Phi) is 6.42. The molecular formula is C23H26N2O5. The summed E-state index contributed by atoms with van der Waals surface area (Å²) in [4.78, 5) is 29.4. The number of aliphatic hydroxyl groups is 1. The van der Waals surface area contributed by atoms with Crippen molar-refractivity contribution in [2.45, 2.75) is 6.04 Å². The monoisotopic (exact) mass is 410 g/mol. The number of carbonyl (C=O) groups excluding carboxylic acids is 2. The highest BCUT2D eigenvalue weighted by Gasteiger charge is 2.47. The van der Waals surface area contributed by atoms with Crippen molar-refractivity contribution in [3.05, 3.63) is 65.2 Å². The predicted octanol–water partition coefficient (Wildman–Crippen LogP) is 2.69. The van der Waals surface area contributed by atoms with E-state index in [1.165, 1.54) is 12.0 Å². The van der Waals surface area contributed by atoms with E-state index >= 15 is 0 Å². The maximum absolute atomic E-state index is 13.0. The van der Waals surface area contributed by atoms with Crippen molar-refractivity contribution in [3.8, 4) is 11.5 Å². The van der Waals surface area contributed by atoms with Crippen LogP contribution in [0.15, 0.2) is 54.1 Å². The molecule has 1 amide bonds. The van der Waals surface area contributed by atoms with Crippen LogP contribution in [0.25, 0.3) is 5.76 Å². The molecule has 2 aromatic rings. The zero-order valence-electron chi connectivity index (χ0n) is 17.6. The second-order valence-electron chi connectivity index (χ2n) is 7.27. The number of ketones is 1. The van der Waals surface area contributed by atoms with Crippen LogP contribution in [0.5, 0.6) is 11.5 Å². The van der Waals surface area contributed by atoms with E-state index in [1.807, 2.05) is 25.1 Å². The summed E-state index contributed by atoms with van der Waals surface area (Å²) in [6.07, 6.45) is 0. The summed E-state index contributed by atoms with van der Waals surface area (Å²) >= 11 is 0. The van der Waals surface area contributed by atoms with Gasteiger partial charge < -0.3 is 24.4 Å². The Morgan fingerprint density at radius 1 is 1.07 bits per heavy atom. The first kappa shape index (κ1) is 21.4. The van der Waals surface area contributed by atoms with Gasteiger partial charge in [-0.15, -0.1) is 0 Å². The molecule has 0 saturated carbocycles. The molecule has 1 heterocycles. The van der Waals surface area contributed by atoms with Gasteiger partial charge in [-0.2, -0.15) is 0 Å². The van der Waals surface area contributed by atoms with Crippen LogP contribution in [-0.2, 0) is 9.59 Å².